The number of amides is 1. The average Bonchev–Trinajstić information content (AvgIpc) is 2.40. The molecular weight excluding hydrogens is 282 g/mol. The molecule has 0 fully saturated rings. The molecule has 0 saturated carbocycles. The molecular formula is C14H18ClNO4. The van der Waals surface area contributed by atoms with Crippen LogP contribution in [0.4, 0.5) is 0 Å². The van der Waals surface area contributed by atoms with E-state index in [1.54, 1.807) is 38.1 Å². The summed E-state index contributed by atoms with van der Waals surface area (Å²) in [6, 6.07) is 6.89. The molecule has 2 atom stereocenters. The Kier molecular flexibility index (Phi) is 6.31. The van der Waals surface area contributed by atoms with Gasteiger partial charge in [0.25, 0.3) is 5.91 Å². The average molecular weight is 300 g/mol. The number of halogens is 1. The quantitative estimate of drug-likeness (QED) is 0.810. The van der Waals surface area contributed by atoms with E-state index in [0.29, 0.717) is 23.7 Å². The minimum absolute atomic E-state index is 0.294. The number of nitrogens with one attached hydrogen (secondary N) is 1. The second-order valence-electron chi connectivity index (χ2n) is 4.51. The molecule has 0 aliphatic heterocycles. The summed E-state index contributed by atoms with van der Waals surface area (Å²) in [5, 5.41) is 11.8. The third-order valence-electron chi connectivity index (χ3n) is 2.81. The molecule has 0 aromatic heterocycles. The zero-order valence-electron chi connectivity index (χ0n) is 11.4. The minimum Gasteiger partial charge on any atom is -0.481 e. The van der Waals surface area contributed by atoms with E-state index < -0.39 is 18.0 Å². The number of rotatable bonds is 7. The molecule has 0 aliphatic carbocycles. The number of hydrogen-bond donors (Lipinski definition) is 2. The van der Waals surface area contributed by atoms with Crippen LogP contribution in [0.1, 0.15) is 20.3 Å². The summed E-state index contributed by atoms with van der Waals surface area (Å²) >= 11 is 5.93. The summed E-state index contributed by atoms with van der Waals surface area (Å²) in [6.45, 7) is 3.50. The van der Waals surface area contributed by atoms with E-state index in [9.17, 15) is 9.59 Å². The number of hydrogen-bond acceptors (Lipinski definition) is 3. The summed E-state index contributed by atoms with van der Waals surface area (Å²) in [7, 11) is 0. The highest BCUT2D eigenvalue weighted by Gasteiger charge is 2.16. The first-order valence-electron chi connectivity index (χ1n) is 6.33. The molecule has 0 saturated heterocycles. The molecule has 0 radical (unpaired) electrons. The summed E-state index contributed by atoms with van der Waals surface area (Å²) in [6.07, 6.45) is -0.324. The number of carboxylic acids is 1. The number of ether oxygens (including phenoxy) is 1. The van der Waals surface area contributed by atoms with Crippen molar-refractivity contribution in [3.63, 3.8) is 0 Å². The second kappa shape index (κ2) is 7.75. The van der Waals surface area contributed by atoms with Gasteiger partial charge in [-0.05, 0) is 25.5 Å². The molecule has 0 aliphatic rings. The molecule has 1 amide bonds. The number of para-hydroxylation sites is 1. The largest absolute Gasteiger partial charge is 0.481 e. The van der Waals surface area contributed by atoms with Gasteiger partial charge in [0.1, 0.15) is 5.75 Å². The predicted molar refractivity (Wildman–Crippen MR) is 76.0 cm³/mol. The van der Waals surface area contributed by atoms with Crippen LogP contribution < -0.4 is 10.1 Å². The van der Waals surface area contributed by atoms with Crippen molar-refractivity contribution >= 4 is 23.5 Å². The van der Waals surface area contributed by atoms with E-state index in [0.717, 1.165) is 0 Å². The molecule has 110 valence electrons. The summed E-state index contributed by atoms with van der Waals surface area (Å²) in [5.74, 6) is -1.23. The number of carbonyl (C=O) groups is 2. The molecule has 2 unspecified atom stereocenters. The first kappa shape index (κ1) is 16.3. The third-order valence-corrected chi connectivity index (χ3v) is 3.12. The highest BCUT2D eigenvalue weighted by molar-refractivity contribution is 6.32. The minimum atomic E-state index is -0.875. The van der Waals surface area contributed by atoms with Crippen molar-refractivity contribution < 1.29 is 19.4 Å². The topological polar surface area (TPSA) is 75.6 Å². The number of carbonyl (C=O) groups excluding carboxylic acids is 1. The van der Waals surface area contributed by atoms with Crippen LogP contribution in [0, 0.1) is 5.92 Å². The lowest BCUT2D eigenvalue weighted by Crippen LogP contribution is -2.37. The van der Waals surface area contributed by atoms with Gasteiger partial charge in [-0.25, -0.2) is 0 Å². The Morgan fingerprint density at radius 1 is 1.35 bits per heavy atom. The molecule has 1 rings (SSSR count). The zero-order valence-corrected chi connectivity index (χ0v) is 12.2. The Balaban J connectivity index is 2.40. The van der Waals surface area contributed by atoms with Gasteiger partial charge in [-0.15, -0.1) is 0 Å². The van der Waals surface area contributed by atoms with E-state index in [-0.39, 0.29) is 5.91 Å². The van der Waals surface area contributed by atoms with Crippen molar-refractivity contribution in [3.8, 4) is 5.75 Å². The Bertz CT molecular complexity index is 478. The van der Waals surface area contributed by atoms with Crippen molar-refractivity contribution in [1.29, 1.82) is 0 Å². The van der Waals surface area contributed by atoms with Crippen LogP contribution in [0.2, 0.25) is 5.02 Å². The summed E-state index contributed by atoms with van der Waals surface area (Å²) < 4.78 is 5.45. The Hall–Kier alpha value is -1.75. The third kappa shape index (κ3) is 5.09. The normalized spacial score (nSPS) is 13.3. The molecule has 1 aromatic carbocycles. The molecule has 2 N–H and O–H groups in total. The van der Waals surface area contributed by atoms with Gasteiger partial charge in [-0.2, -0.15) is 0 Å². The molecule has 0 bridgehead atoms. The van der Waals surface area contributed by atoms with Crippen molar-refractivity contribution in [2.75, 3.05) is 6.54 Å². The van der Waals surface area contributed by atoms with Crippen molar-refractivity contribution in [2.45, 2.75) is 26.4 Å². The van der Waals surface area contributed by atoms with Gasteiger partial charge < -0.3 is 15.2 Å². The molecule has 6 heteroatoms. The fraction of sp³-hybridized carbons (Fsp3) is 0.429. The van der Waals surface area contributed by atoms with Crippen LogP contribution in [0.3, 0.4) is 0 Å². The second-order valence-corrected chi connectivity index (χ2v) is 4.92. The Morgan fingerprint density at radius 2 is 2.00 bits per heavy atom. The number of benzene rings is 1. The number of aliphatic carboxylic acids is 1. The van der Waals surface area contributed by atoms with Crippen LogP contribution in [0.25, 0.3) is 0 Å². The molecule has 1 aromatic rings. The SMILES string of the molecule is CC(CCNC(=O)C(C)Oc1ccccc1Cl)C(=O)O. The lowest BCUT2D eigenvalue weighted by molar-refractivity contribution is -0.141. The Labute approximate surface area is 122 Å². The highest BCUT2D eigenvalue weighted by Crippen LogP contribution is 2.24. The van der Waals surface area contributed by atoms with Gasteiger partial charge in [-0.3, -0.25) is 9.59 Å². The van der Waals surface area contributed by atoms with Gasteiger partial charge in [0.2, 0.25) is 0 Å². The summed E-state index contributed by atoms with van der Waals surface area (Å²) in [5.41, 5.74) is 0. The molecule has 20 heavy (non-hydrogen) atoms. The first-order valence-corrected chi connectivity index (χ1v) is 6.71. The Morgan fingerprint density at radius 3 is 2.60 bits per heavy atom. The van der Waals surface area contributed by atoms with E-state index in [1.807, 2.05) is 0 Å². The van der Waals surface area contributed by atoms with E-state index >= 15 is 0 Å². The first-order chi connectivity index (χ1) is 9.41. The highest BCUT2D eigenvalue weighted by atomic mass is 35.5. The lowest BCUT2D eigenvalue weighted by atomic mass is 10.1. The van der Waals surface area contributed by atoms with Crippen LogP contribution in [-0.2, 0) is 9.59 Å². The van der Waals surface area contributed by atoms with Gasteiger partial charge in [0.15, 0.2) is 6.10 Å². The van der Waals surface area contributed by atoms with Crippen molar-refractivity contribution in [3.05, 3.63) is 29.3 Å². The van der Waals surface area contributed by atoms with Crippen LogP contribution in [0.15, 0.2) is 24.3 Å². The van der Waals surface area contributed by atoms with Gasteiger partial charge in [-0.1, -0.05) is 30.7 Å². The molecule has 0 heterocycles. The van der Waals surface area contributed by atoms with Crippen molar-refractivity contribution in [2.24, 2.45) is 5.92 Å². The maximum Gasteiger partial charge on any atom is 0.306 e. The summed E-state index contributed by atoms with van der Waals surface area (Å²) in [4.78, 5) is 22.4. The smallest absolute Gasteiger partial charge is 0.306 e. The van der Waals surface area contributed by atoms with E-state index in [1.165, 1.54) is 0 Å². The van der Waals surface area contributed by atoms with Gasteiger partial charge >= 0.3 is 5.97 Å². The lowest BCUT2D eigenvalue weighted by Gasteiger charge is -2.16. The maximum absolute atomic E-state index is 11.8. The monoisotopic (exact) mass is 299 g/mol. The predicted octanol–water partition coefficient (Wildman–Crippen LogP) is 2.33. The van der Waals surface area contributed by atoms with Crippen molar-refractivity contribution in [1.82, 2.24) is 5.32 Å². The fourth-order valence-corrected chi connectivity index (χ4v) is 1.64. The van der Waals surface area contributed by atoms with E-state index in [4.69, 9.17) is 21.4 Å². The number of carboxylic acid groups (broad SMARTS) is 1. The zero-order chi connectivity index (χ0) is 15.1. The van der Waals surface area contributed by atoms with Gasteiger partial charge in [0.05, 0.1) is 10.9 Å². The maximum atomic E-state index is 11.8. The standard InChI is InChI=1S/C14H18ClNO4/c1-9(14(18)19)7-8-16-13(17)10(2)20-12-6-4-3-5-11(12)15/h3-6,9-10H,7-8H2,1-2H3,(H,16,17)(H,18,19). The van der Waals surface area contributed by atoms with Crippen LogP contribution in [-0.4, -0.2) is 29.6 Å². The molecule has 0 spiro atoms. The van der Waals surface area contributed by atoms with Crippen LogP contribution in [0.5, 0.6) is 5.75 Å². The fourth-order valence-electron chi connectivity index (χ4n) is 1.46. The van der Waals surface area contributed by atoms with Gasteiger partial charge in [0, 0.05) is 6.54 Å². The molecule has 5 nitrogen and oxygen atoms in total. The van der Waals surface area contributed by atoms with E-state index in [2.05, 4.69) is 5.32 Å². The van der Waals surface area contributed by atoms with Crippen LogP contribution >= 0.6 is 11.6 Å².